The molecule has 2 heteroatoms. The quantitative estimate of drug-likeness (QED) is 0.137. The van der Waals surface area contributed by atoms with Gasteiger partial charge in [0.25, 0.3) is 0 Å². The van der Waals surface area contributed by atoms with Crippen LogP contribution >= 0.6 is 9.95 Å². The second kappa shape index (κ2) is 13.4. The van der Waals surface area contributed by atoms with Gasteiger partial charge in [0.2, 0.25) is 0 Å². The van der Waals surface area contributed by atoms with Gasteiger partial charge < -0.3 is 0 Å². The van der Waals surface area contributed by atoms with Crippen LogP contribution in [0.3, 0.4) is 0 Å². The van der Waals surface area contributed by atoms with Gasteiger partial charge in [0.1, 0.15) is 0 Å². The maximum atomic E-state index is 8.16. The van der Waals surface area contributed by atoms with Crippen molar-refractivity contribution in [2.45, 2.75) is 79.1 Å². The molecular weight excluding hydrogens is 483 g/mol. The fourth-order valence-corrected chi connectivity index (χ4v) is 18.8. The molecule has 0 amide bonds. The van der Waals surface area contributed by atoms with E-state index in [1.165, 1.54) is 73.3 Å². The molecule has 0 unspecified atom stereocenters. The van der Waals surface area contributed by atoms with E-state index in [1.54, 1.807) is 0 Å². The van der Waals surface area contributed by atoms with Gasteiger partial charge in [-0.1, -0.05) is 0 Å². The van der Waals surface area contributed by atoms with Crippen LogP contribution in [0.1, 0.15) is 75.0 Å². The Balaban J connectivity index is 1.82. The van der Waals surface area contributed by atoms with Crippen molar-refractivity contribution in [1.82, 2.24) is 0 Å². The molecule has 0 fully saturated rings. The molecule has 0 nitrogen and oxygen atoms in total. The molecule has 0 atom stereocenters. The molecule has 0 saturated heterocycles. The van der Waals surface area contributed by atoms with Gasteiger partial charge >= 0.3 is 208 Å². The van der Waals surface area contributed by atoms with E-state index in [0.29, 0.717) is 0 Å². The first-order chi connectivity index (χ1) is 16.1. The first kappa shape index (κ1) is 26.1. The van der Waals surface area contributed by atoms with Crippen molar-refractivity contribution in [3.05, 3.63) is 108 Å². The Morgan fingerprint density at radius 1 is 0.485 bits per heavy atom. The van der Waals surface area contributed by atoms with Gasteiger partial charge in [-0.3, -0.25) is 0 Å². The normalized spacial score (nSPS) is 12.8. The summed E-state index contributed by atoms with van der Waals surface area (Å²) in [5, 5.41) is 4.37. The van der Waals surface area contributed by atoms with Crippen molar-refractivity contribution < 1.29 is 0 Å². The van der Waals surface area contributed by atoms with Crippen molar-refractivity contribution in [2.24, 2.45) is 0 Å². The van der Waals surface area contributed by atoms with Crippen LogP contribution in [-0.4, -0.2) is 11.5 Å². The fourth-order valence-electron chi connectivity index (χ4n) is 5.16. The van der Waals surface area contributed by atoms with Crippen molar-refractivity contribution >= 4 is 21.5 Å². The van der Waals surface area contributed by atoms with Gasteiger partial charge in [-0.15, -0.1) is 0 Å². The Morgan fingerprint density at radius 2 is 0.818 bits per heavy atom. The molecule has 33 heavy (non-hydrogen) atoms. The standard InChI is InChI=1S/C31H42AsCl/c1-2-3-4-5-6-7-8-18-25-32(33,26-29-19-12-9-13-20-29,27-30-21-14-10-15-22-30)28-31-23-16-11-17-24-31/h9-17,19-24H,2-8,18,25-28H2,1H3. The second-order valence-corrected chi connectivity index (χ2v) is 25.5. The van der Waals surface area contributed by atoms with Crippen molar-refractivity contribution in [1.29, 1.82) is 0 Å². The molecule has 178 valence electrons. The molecule has 0 aliphatic rings. The van der Waals surface area contributed by atoms with E-state index in [-0.39, 0.29) is 0 Å². The van der Waals surface area contributed by atoms with Gasteiger partial charge in [-0.2, -0.15) is 0 Å². The van der Waals surface area contributed by atoms with Gasteiger partial charge in [-0.05, 0) is 0 Å². The Morgan fingerprint density at radius 3 is 1.18 bits per heavy atom. The predicted octanol–water partition coefficient (Wildman–Crippen LogP) is 9.61. The third-order valence-corrected chi connectivity index (χ3v) is 19.9. The van der Waals surface area contributed by atoms with Crippen LogP contribution in [0.2, 0.25) is 5.21 Å². The van der Waals surface area contributed by atoms with E-state index in [4.69, 9.17) is 9.95 Å². The third-order valence-electron chi connectivity index (χ3n) is 6.83. The molecular formula is C31H42AsCl. The third kappa shape index (κ3) is 8.99. The molecule has 0 aliphatic carbocycles. The topological polar surface area (TPSA) is 0 Å². The van der Waals surface area contributed by atoms with E-state index >= 15 is 0 Å². The number of hydrogen-bond donors (Lipinski definition) is 0. The fraction of sp³-hybridized carbons (Fsp3) is 0.419. The van der Waals surface area contributed by atoms with Crippen LogP contribution in [0.25, 0.3) is 0 Å². The molecule has 0 heterocycles. The number of halogens is 1. The molecule has 3 aromatic carbocycles. The van der Waals surface area contributed by atoms with E-state index in [1.807, 2.05) is 0 Å². The molecule has 0 saturated carbocycles. The van der Waals surface area contributed by atoms with Gasteiger partial charge in [-0.25, -0.2) is 0 Å². The zero-order valence-corrected chi connectivity index (χ0v) is 23.1. The van der Waals surface area contributed by atoms with Crippen molar-refractivity contribution in [3.8, 4) is 0 Å². The summed E-state index contributed by atoms with van der Waals surface area (Å²) in [6.07, 6.45) is 10.8. The Labute approximate surface area is 207 Å². The Kier molecular flexibility index (Phi) is 10.6. The van der Waals surface area contributed by atoms with E-state index < -0.39 is 11.5 Å². The first-order valence-corrected chi connectivity index (χ1v) is 20.7. The van der Waals surface area contributed by atoms with Gasteiger partial charge in [0.15, 0.2) is 0 Å². The first-order valence-electron chi connectivity index (χ1n) is 12.9. The van der Waals surface area contributed by atoms with Gasteiger partial charge in [0.05, 0.1) is 0 Å². The summed E-state index contributed by atoms with van der Waals surface area (Å²) >= 11 is -3.33. The molecule has 0 spiro atoms. The van der Waals surface area contributed by atoms with Crippen LogP contribution < -0.4 is 0 Å². The SMILES string of the molecule is CCCCCCCCCC[As](Cl)(Cc1ccccc1)(Cc1ccccc1)Cc1ccccc1. The minimum absolute atomic E-state index is 1.06. The summed E-state index contributed by atoms with van der Waals surface area (Å²) in [7, 11) is 8.16. The maximum absolute atomic E-state index is 8.16. The molecule has 3 aromatic rings. The van der Waals surface area contributed by atoms with Crippen molar-refractivity contribution in [2.75, 3.05) is 0 Å². The number of rotatable bonds is 15. The average molecular weight is 525 g/mol. The number of hydrogen-bond acceptors (Lipinski definition) is 0. The summed E-state index contributed by atoms with van der Waals surface area (Å²) in [5.41, 5.74) is 4.22. The van der Waals surface area contributed by atoms with Crippen LogP contribution in [0, 0.1) is 0 Å². The number of benzene rings is 3. The van der Waals surface area contributed by atoms with Crippen LogP contribution in [0.15, 0.2) is 91.0 Å². The summed E-state index contributed by atoms with van der Waals surface area (Å²) in [5.74, 6) is 0. The summed E-state index contributed by atoms with van der Waals surface area (Å²) < 4.78 is 0. The Bertz CT molecular complexity index is 803. The van der Waals surface area contributed by atoms with E-state index in [9.17, 15) is 0 Å². The van der Waals surface area contributed by atoms with Crippen molar-refractivity contribution in [3.63, 3.8) is 0 Å². The van der Waals surface area contributed by atoms with Crippen LogP contribution in [0.4, 0.5) is 0 Å². The zero-order chi connectivity index (χ0) is 23.3. The van der Waals surface area contributed by atoms with Gasteiger partial charge in [0, 0.05) is 0 Å². The molecule has 0 bridgehead atoms. The zero-order valence-electron chi connectivity index (χ0n) is 20.5. The molecule has 0 aromatic heterocycles. The Hall–Kier alpha value is -1.49. The summed E-state index contributed by atoms with van der Waals surface area (Å²) in [6.45, 7) is 2.29. The molecule has 0 N–H and O–H groups in total. The monoisotopic (exact) mass is 524 g/mol. The molecule has 3 rings (SSSR count). The minimum atomic E-state index is -3.33. The predicted molar refractivity (Wildman–Crippen MR) is 149 cm³/mol. The van der Waals surface area contributed by atoms with Crippen LogP contribution in [-0.2, 0) is 15.6 Å². The molecule has 0 radical (unpaired) electrons. The average Bonchev–Trinajstić information content (AvgIpc) is 2.83. The summed E-state index contributed by atoms with van der Waals surface area (Å²) in [6, 6.07) is 33.1. The second-order valence-electron chi connectivity index (χ2n) is 9.95. The van der Waals surface area contributed by atoms with Crippen LogP contribution in [0.5, 0.6) is 0 Å². The number of unbranched alkanes of at least 4 members (excludes halogenated alkanes) is 7. The van der Waals surface area contributed by atoms with E-state index in [0.717, 1.165) is 15.6 Å². The summed E-state index contributed by atoms with van der Waals surface area (Å²) in [4.78, 5) is 0. The van der Waals surface area contributed by atoms with E-state index in [2.05, 4.69) is 97.9 Å². The molecule has 0 aliphatic heterocycles.